The highest BCUT2D eigenvalue weighted by Gasteiger charge is 2.30. The summed E-state index contributed by atoms with van der Waals surface area (Å²) in [4.78, 5) is 20.4. The van der Waals surface area contributed by atoms with Crippen LogP contribution in [-0.4, -0.2) is 52.8 Å². The summed E-state index contributed by atoms with van der Waals surface area (Å²) in [6.07, 6.45) is 4.42. The van der Waals surface area contributed by atoms with Crippen LogP contribution in [0.5, 0.6) is 5.75 Å². The average molecular weight is 507 g/mol. The van der Waals surface area contributed by atoms with Crippen LogP contribution in [0.15, 0.2) is 42.6 Å². The molecule has 0 saturated carbocycles. The molecule has 2 unspecified atom stereocenters. The van der Waals surface area contributed by atoms with E-state index in [0.717, 1.165) is 53.0 Å². The van der Waals surface area contributed by atoms with Gasteiger partial charge in [0.1, 0.15) is 5.75 Å². The number of aliphatic carboxylic acids is 1. The first-order valence-electron chi connectivity index (χ1n) is 12.5. The number of fused-ring (bicyclic) bond motifs is 1. The molecule has 4 rings (SSSR count). The van der Waals surface area contributed by atoms with Gasteiger partial charge in [-0.1, -0.05) is 11.8 Å². The first kappa shape index (κ1) is 26.2. The number of aliphatic hydroxyl groups excluding tert-OH is 1. The maximum Gasteiger partial charge on any atom is 0.303 e. The summed E-state index contributed by atoms with van der Waals surface area (Å²) in [6.45, 7) is 4.57. The summed E-state index contributed by atoms with van der Waals surface area (Å²) in [5.74, 6) is 7.20. The Bertz CT molecular complexity index is 1240. The summed E-state index contributed by atoms with van der Waals surface area (Å²) < 4.78 is 5.37. The molecule has 6 nitrogen and oxygen atoms in total. The van der Waals surface area contributed by atoms with Gasteiger partial charge in [0.05, 0.1) is 30.2 Å². The SMILES string of the molecule is COc1ccc2nccc([C@@H](O)CCC3CCN(CC#Cc4ccc(C)s4)CC3CCC(=O)O)c2c1. The van der Waals surface area contributed by atoms with Gasteiger partial charge in [0.15, 0.2) is 0 Å². The van der Waals surface area contributed by atoms with Gasteiger partial charge in [0.2, 0.25) is 0 Å². The first-order chi connectivity index (χ1) is 17.4. The van der Waals surface area contributed by atoms with Crippen molar-refractivity contribution in [3.8, 4) is 17.6 Å². The molecule has 1 aromatic carbocycles. The van der Waals surface area contributed by atoms with Crippen molar-refractivity contribution < 1.29 is 19.7 Å². The number of nitrogens with zero attached hydrogens (tertiary/aromatic N) is 2. The summed E-state index contributed by atoms with van der Waals surface area (Å²) in [5.41, 5.74) is 1.69. The molecule has 190 valence electrons. The van der Waals surface area contributed by atoms with Gasteiger partial charge in [-0.2, -0.15) is 0 Å². The number of carbonyl (C=O) groups is 1. The fourth-order valence-corrected chi connectivity index (χ4v) is 5.89. The number of pyridine rings is 1. The van der Waals surface area contributed by atoms with E-state index >= 15 is 0 Å². The Morgan fingerprint density at radius 2 is 2.11 bits per heavy atom. The largest absolute Gasteiger partial charge is 0.497 e. The van der Waals surface area contributed by atoms with Crippen LogP contribution in [0, 0.1) is 30.6 Å². The van der Waals surface area contributed by atoms with Crippen molar-refractivity contribution in [2.24, 2.45) is 11.8 Å². The summed E-state index contributed by atoms with van der Waals surface area (Å²) >= 11 is 1.70. The van der Waals surface area contributed by atoms with E-state index in [4.69, 9.17) is 4.74 Å². The monoisotopic (exact) mass is 506 g/mol. The topological polar surface area (TPSA) is 82.9 Å². The van der Waals surface area contributed by atoms with E-state index in [1.165, 1.54) is 4.88 Å². The predicted octanol–water partition coefficient (Wildman–Crippen LogP) is 5.28. The van der Waals surface area contributed by atoms with Crippen molar-refractivity contribution in [3.05, 3.63) is 57.9 Å². The van der Waals surface area contributed by atoms with E-state index in [1.54, 1.807) is 24.6 Å². The lowest BCUT2D eigenvalue weighted by Gasteiger charge is -2.38. The second-order valence-electron chi connectivity index (χ2n) is 9.56. The number of aryl methyl sites for hydroxylation is 1. The predicted molar refractivity (Wildman–Crippen MR) is 143 cm³/mol. The van der Waals surface area contributed by atoms with Gasteiger partial charge in [-0.15, -0.1) is 11.3 Å². The Balaban J connectivity index is 1.39. The number of carboxylic acid groups (broad SMARTS) is 1. The number of rotatable bonds is 9. The lowest BCUT2D eigenvalue weighted by Crippen LogP contribution is -2.41. The summed E-state index contributed by atoms with van der Waals surface area (Å²) in [6, 6.07) is 11.7. The number of hydrogen-bond donors (Lipinski definition) is 2. The Labute approximate surface area is 216 Å². The standard InChI is InChI=1S/C29H34N2O4S/c1-20-5-9-24(36-20)4-3-16-31-17-14-21(22(19-31)7-12-29(33)34)6-11-28(32)25-13-15-30-27-10-8-23(35-2)18-26(25)27/h5,8-10,13,15,18,21-22,28,32H,6-7,11-12,14,16-17,19H2,1-2H3,(H,33,34)/t21?,22?,28-/m0/s1. The van der Waals surface area contributed by atoms with Crippen LogP contribution in [-0.2, 0) is 4.79 Å². The number of hydrogen-bond acceptors (Lipinski definition) is 6. The fourth-order valence-electron chi connectivity index (χ4n) is 5.15. The molecule has 0 radical (unpaired) electrons. The Morgan fingerprint density at radius 3 is 2.86 bits per heavy atom. The van der Waals surface area contributed by atoms with Crippen LogP contribution in [0.2, 0.25) is 0 Å². The third-order valence-electron chi connectivity index (χ3n) is 7.11. The maximum atomic E-state index is 11.3. The molecule has 7 heteroatoms. The van der Waals surface area contributed by atoms with Crippen molar-refractivity contribution in [1.29, 1.82) is 0 Å². The van der Waals surface area contributed by atoms with Gasteiger partial charge < -0.3 is 14.9 Å². The Morgan fingerprint density at radius 1 is 1.25 bits per heavy atom. The van der Waals surface area contributed by atoms with E-state index < -0.39 is 12.1 Å². The second-order valence-corrected chi connectivity index (χ2v) is 10.9. The molecule has 0 aliphatic carbocycles. The van der Waals surface area contributed by atoms with Crippen LogP contribution in [0.1, 0.15) is 53.5 Å². The normalized spacial score (nSPS) is 19.0. The van der Waals surface area contributed by atoms with Gasteiger partial charge in [0.25, 0.3) is 0 Å². The zero-order valence-electron chi connectivity index (χ0n) is 20.9. The molecular weight excluding hydrogens is 472 g/mol. The zero-order chi connectivity index (χ0) is 25.5. The van der Waals surface area contributed by atoms with Crippen molar-refractivity contribution in [1.82, 2.24) is 9.88 Å². The highest BCUT2D eigenvalue weighted by Crippen LogP contribution is 2.35. The molecule has 2 N–H and O–H groups in total. The molecule has 1 aliphatic heterocycles. The fraction of sp³-hybridized carbons (Fsp3) is 0.448. The number of aromatic nitrogens is 1. The Hall–Kier alpha value is -2.92. The second kappa shape index (κ2) is 12.4. The van der Waals surface area contributed by atoms with Gasteiger partial charge in [-0.3, -0.25) is 14.7 Å². The number of methoxy groups -OCH3 is 1. The van der Waals surface area contributed by atoms with Crippen molar-refractivity contribution >= 4 is 28.2 Å². The maximum absolute atomic E-state index is 11.3. The van der Waals surface area contributed by atoms with E-state index in [1.807, 2.05) is 24.3 Å². The number of thiophene rings is 1. The molecule has 0 bridgehead atoms. The number of carboxylic acids is 1. The van der Waals surface area contributed by atoms with E-state index in [0.29, 0.717) is 25.3 Å². The lowest BCUT2D eigenvalue weighted by atomic mass is 9.79. The quantitative estimate of drug-likeness (QED) is 0.384. The summed E-state index contributed by atoms with van der Waals surface area (Å²) in [5, 5.41) is 21.3. The third kappa shape index (κ3) is 6.85. The van der Waals surface area contributed by atoms with Crippen LogP contribution < -0.4 is 4.74 Å². The van der Waals surface area contributed by atoms with Crippen LogP contribution in [0.4, 0.5) is 0 Å². The van der Waals surface area contributed by atoms with Crippen LogP contribution in [0.25, 0.3) is 10.9 Å². The molecule has 3 aromatic rings. The molecule has 1 fully saturated rings. The van der Waals surface area contributed by atoms with Crippen LogP contribution in [0.3, 0.4) is 0 Å². The van der Waals surface area contributed by atoms with Crippen LogP contribution >= 0.6 is 11.3 Å². The van der Waals surface area contributed by atoms with E-state index in [-0.39, 0.29) is 12.3 Å². The number of benzene rings is 1. The minimum atomic E-state index is -0.754. The van der Waals surface area contributed by atoms with Gasteiger partial charge in [-0.05, 0) is 92.9 Å². The number of piperidine rings is 1. The third-order valence-corrected chi connectivity index (χ3v) is 8.03. The van der Waals surface area contributed by atoms with Crippen molar-refractivity contribution in [3.63, 3.8) is 0 Å². The number of ether oxygens (including phenoxy) is 1. The van der Waals surface area contributed by atoms with E-state index in [9.17, 15) is 15.0 Å². The highest BCUT2D eigenvalue weighted by atomic mass is 32.1. The lowest BCUT2D eigenvalue weighted by molar-refractivity contribution is -0.137. The molecule has 1 aliphatic rings. The molecule has 3 atom stereocenters. The minimum Gasteiger partial charge on any atom is -0.497 e. The first-order valence-corrected chi connectivity index (χ1v) is 13.3. The Kier molecular flexibility index (Phi) is 8.98. The molecule has 1 saturated heterocycles. The number of likely N-dealkylation sites (tertiary alicyclic amines) is 1. The van der Waals surface area contributed by atoms with Gasteiger partial charge >= 0.3 is 5.97 Å². The molecular formula is C29H34N2O4S. The zero-order valence-corrected chi connectivity index (χ0v) is 21.8. The highest BCUT2D eigenvalue weighted by molar-refractivity contribution is 7.12. The molecule has 36 heavy (non-hydrogen) atoms. The number of aliphatic hydroxyl groups is 1. The summed E-state index contributed by atoms with van der Waals surface area (Å²) in [7, 11) is 1.63. The van der Waals surface area contributed by atoms with Gasteiger partial charge in [-0.25, -0.2) is 0 Å². The average Bonchev–Trinajstić information content (AvgIpc) is 3.30. The van der Waals surface area contributed by atoms with Gasteiger partial charge in [0, 0.05) is 29.4 Å². The van der Waals surface area contributed by atoms with Crippen molar-refractivity contribution in [2.45, 2.75) is 45.1 Å². The molecule has 3 heterocycles. The van der Waals surface area contributed by atoms with Crippen molar-refractivity contribution in [2.75, 3.05) is 26.7 Å². The minimum absolute atomic E-state index is 0.173. The molecule has 0 amide bonds. The molecule has 2 aromatic heterocycles. The van der Waals surface area contributed by atoms with E-state index in [2.05, 4.69) is 40.8 Å². The smallest absolute Gasteiger partial charge is 0.303 e. The molecule has 0 spiro atoms.